The zero-order valence-corrected chi connectivity index (χ0v) is 21.2. The van der Waals surface area contributed by atoms with E-state index in [0.717, 1.165) is 28.6 Å². The molecule has 0 unspecified atom stereocenters. The summed E-state index contributed by atoms with van der Waals surface area (Å²) >= 11 is 0. The molecular formula is C30H31N3O4. The zero-order valence-electron chi connectivity index (χ0n) is 21.2. The van der Waals surface area contributed by atoms with Crippen LogP contribution in [0.5, 0.6) is 11.5 Å². The normalized spacial score (nSPS) is 12.4. The molecule has 2 N–H and O–H groups in total. The van der Waals surface area contributed by atoms with Crippen molar-refractivity contribution in [3.63, 3.8) is 0 Å². The van der Waals surface area contributed by atoms with Gasteiger partial charge in [-0.05, 0) is 48.7 Å². The van der Waals surface area contributed by atoms with Crippen molar-refractivity contribution in [2.75, 3.05) is 18.5 Å². The standard InChI is InChI=1S/C30H31N3O4/c1-3-21-8-10-25(11-9-21)31-18-24-14-23-15-27-28(37-13-12-36-27)16-26(23)33(30(24)35)19-29(34)32-17-22-6-4-20(2)5-7-22/h4-11,14-16,31H,3,12-13,17-19H2,1-2H3,(H,32,34). The van der Waals surface area contributed by atoms with Gasteiger partial charge < -0.3 is 20.1 Å². The third kappa shape index (κ3) is 5.61. The minimum Gasteiger partial charge on any atom is -0.486 e. The molecule has 0 atom stereocenters. The maximum absolute atomic E-state index is 13.6. The fourth-order valence-corrected chi connectivity index (χ4v) is 4.42. The second-order valence-corrected chi connectivity index (χ2v) is 9.28. The molecule has 0 radical (unpaired) electrons. The Bertz CT molecular complexity index is 1470. The van der Waals surface area contributed by atoms with Crippen molar-refractivity contribution < 1.29 is 14.3 Å². The van der Waals surface area contributed by atoms with Crippen molar-refractivity contribution in [3.8, 4) is 11.5 Å². The van der Waals surface area contributed by atoms with E-state index in [1.165, 1.54) is 10.1 Å². The fraction of sp³-hybridized carbons (Fsp3) is 0.267. The van der Waals surface area contributed by atoms with Gasteiger partial charge in [0, 0.05) is 35.8 Å². The SMILES string of the molecule is CCc1ccc(NCc2cc3cc4c(cc3n(CC(=O)NCc3ccc(C)cc3)c2=O)OCCO4)cc1. The molecule has 3 aromatic carbocycles. The lowest BCUT2D eigenvalue weighted by Crippen LogP contribution is -2.34. The molecule has 0 fully saturated rings. The number of amides is 1. The monoisotopic (exact) mass is 497 g/mol. The smallest absolute Gasteiger partial charge is 0.256 e. The lowest BCUT2D eigenvalue weighted by Gasteiger charge is -2.21. The molecule has 0 spiro atoms. The molecule has 1 amide bonds. The van der Waals surface area contributed by atoms with Crippen molar-refractivity contribution in [2.24, 2.45) is 0 Å². The molecule has 190 valence electrons. The van der Waals surface area contributed by atoms with Crippen LogP contribution in [-0.4, -0.2) is 23.7 Å². The van der Waals surface area contributed by atoms with E-state index in [9.17, 15) is 9.59 Å². The molecule has 1 aliphatic rings. The Labute approximate surface area is 216 Å². The minimum atomic E-state index is -0.237. The number of carbonyl (C=O) groups excluding carboxylic acids is 1. The van der Waals surface area contributed by atoms with Crippen LogP contribution in [0.3, 0.4) is 0 Å². The van der Waals surface area contributed by atoms with E-state index < -0.39 is 0 Å². The van der Waals surface area contributed by atoms with Crippen LogP contribution in [0.2, 0.25) is 0 Å². The van der Waals surface area contributed by atoms with E-state index in [1.54, 1.807) is 6.07 Å². The van der Waals surface area contributed by atoms with E-state index in [4.69, 9.17) is 9.47 Å². The predicted molar refractivity (Wildman–Crippen MR) is 145 cm³/mol. The Hall–Kier alpha value is -4.26. The molecular weight excluding hydrogens is 466 g/mol. The average Bonchev–Trinajstić information content (AvgIpc) is 2.92. The van der Waals surface area contributed by atoms with Gasteiger partial charge >= 0.3 is 0 Å². The van der Waals surface area contributed by atoms with Gasteiger partial charge in [0.25, 0.3) is 5.56 Å². The van der Waals surface area contributed by atoms with Crippen LogP contribution in [0, 0.1) is 6.92 Å². The number of benzene rings is 3. The lowest BCUT2D eigenvalue weighted by atomic mass is 10.1. The first-order valence-electron chi connectivity index (χ1n) is 12.6. The summed E-state index contributed by atoms with van der Waals surface area (Å²) in [6.45, 7) is 5.69. The number of rotatable bonds is 8. The Balaban J connectivity index is 1.43. The number of nitrogens with one attached hydrogen (secondary N) is 2. The molecule has 0 saturated carbocycles. The third-order valence-corrected chi connectivity index (χ3v) is 6.59. The molecule has 1 aromatic heterocycles. The summed E-state index contributed by atoms with van der Waals surface area (Å²) in [7, 11) is 0. The number of aromatic nitrogens is 1. The Morgan fingerprint density at radius 1 is 0.892 bits per heavy atom. The summed E-state index contributed by atoms with van der Waals surface area (Å²) in [5.41, 5.74) is 5.33. The molecule has 37 heavy (non-hydrogen) atoms. The van der Waals surface area contributed by atoms with E-state index in [2.05, 4.69) is 29.7 Å². The van der Waals surface area contributed by atoms with E-state index in [0.29, 0.717) is 48.9 Å². The van der Waals surface area contributed by atoms with Gasteiger partial charge in [0.1, 0.15) is 19.8 Å². The van der Waals surface area contributed by atoms with Gasteiger partial charge in [-0.1, -0.05) is 48.9 Å². The topological polar surface area (TPSA) is 81.6 Å². The Morgan fingerprint density at radius 2 is 1.57 bits per heavy atom. The van der Waals surface area contributed by atoms with Gasteiger partial charge in [0.2, 0.25) is 5.91 Å². The maximum Gasteiger partial charge on any atom is 0.256 e. The van der Waals surface area contributed by atoms with Crippen LogP contribution < -0.4 is 25.7 Å². The molecule has 0 saturated heterocycles. The van der Waals surface area contributed by atoms with E-state index in [1.807, 2.05) is 55.5 Å². The summed E-state index contributed by atoms with van der Waals surface area (Å²) in [5, 5.41) is 7.09. The summed E-state index contributed by atoms with van der Waals surface area (Å²) in [4.78, 5) is 26.5. The number of hydrogen-bond donors (Lipinski definition) is 2. The van der Waals surface area contributed by atoms with Crippen molar-refractivity contribution in [3.05, 3.63) is 99.3 Å². The van der Waals surface area contributed by atoms with Gasteiger partial charge in [-0.25, -0.2) is 0 Å². The van der Waals surface area contributed by atoms with E-state index >= 15 is 0 Å². The van der Waals surface area contributed by atoms with Gasteiger partial charge in [-0.3, -0.25) is 14.2 Å². The van der Waals surface area contributed by atoms with Crippen molar-refractivity contribution in [1.82, 2.24) is 9.88 Å². The highest BCUT2D eigenvalue weighted by Crippen LogP contribution is 2.34. The fourth-order valence-electron chi connectivity index (χ4n) is 4.42. The number of nitrogens with zero attached hydrogens (tertiary/aromatic N) is 1. The summed E-state index contributed by atoms with van der Waals surface area (Å²) < 4.78 is 13.0. The quantitative estimate of drug-likeness (QED) is 0.373. The van der Waals surface area contributed by atoms with Crippen molar-refractivity contribution >= 4 is 22.5 Å². The highest BCUT2D eigenvalue weighted by molar-refractivity contribution is 5.86. The number of anilines is 1. The molecule has 2 heterocycles. The Kier molecular flexibility index (Phi) is 7.12. The third-order valence-electron chi connectivity index (χ3n) is 6.59. The highest BCUT2D eigenvalue weighted by Gasteiger charge is 2.18. The summed E-state index contributed by atoms with van der Waals surface area (Å²) in [5.74, 6) is 0.981. The first-order chi connectivity index (χ1) is 18.0. The van der Waals surface area contributed by atoms with E-state index in [-0.39, 0.29) is 18.0 Å². The van der Waals surface area contributed by atoms with Crippen LogP contribution in [0.15, 0.2) is 71.5 Å². The number of pyridine rings is 1. The lowest BCUT2D eigenvalue weighted by molar-refractivity contribution is -0.121. The maximum atomic E-state index is 13.6. The van der Waals surface area contributed by atoms with Gasteiger partial charge in [0.15, 0.2) is 11.5 Å². The van der Waals surface area contributed by atoms with Crippen LogP contribution in [0.4, 0.5) is 5.69 Å². The Morgan fingerprint density at radius 3 is 2.27 bits per heavy atom. The summed E-state index contributed by atoms with van der Waals surface area (Å²) in [6.07, 6.45) is 0.970. The van der Waals surface area contributed by atoms with Gasteiger partial charge in [0.05, 0.1) is 5.52 Å². The van der Waals surface area contributed by atoms with Gasteiger partial charge in [-0.2, -0.15) is 0 Å². The number of carbonyl (C=O) groups is 1. The average molecular weight is 498 g/mol. The molecule has 0 bridgehead atoms. The second-order valence-electron chi connectivity index (χ2n) is 9.28. The summed E-state index contributed by atoms with van der Waals surface area (Å²) in [6, 6.07) is 21.7. The number of aryl methyl sites for hydroxylation is 2. The van der Waals surface area contributed by atoms with Crippen molar-refractivity contribution in [2.45, 2.75) is 39.9 Å². The zero-order chi connectivity index (χ0) is 25.8. The van der Waals surface area contributed by atoms with Crippen LogP contribution in [-0.2, 0) is 30.8 Å². The molecule has 5 rings (SSSR count). The first-order valence-corrected chi connectivity index (χ1v) is 12.6. The number of hydrogen-bond acceptors (Lipinski definition) is 5. The molecule has 1 aliphatic heterocycles. The molecule has 7 heteroatoms. The number of fused-ring (bicyclic) bond motifs is 2. The highest BCUT2D eigenvalue weighted by atomic mass is 16.6. The van der Waals surface area contributed by atoms with Crippen LogP contribution in [0.25, 0.3) is 10.9 Å². The molecule has 4 aromatic rings. The van der Waals surface area contributed by atoms with Gasteiger partial charge in [-0.15, -0.1) is 0 Å². The molecule has 7 nitrogen and oxygen atoms in total. The first kappa shape index (κ1) is 24.4. The largest absolute Gasteiger partial charge is 0.486 e. The van der Waals surface area contributed by atoms with Crippen molar-refractivity contribution in [1.29, 1.82) is 0 Å². The number of ether oxygens (including phenoxy) is 2. The molecule has 0 aliphatic carbocycles. The van der Waals surface area contributed by atoms with Crippen LogP contribution in [0.1, 0.15) is 29.2 Å². The minimum absolute atomic E-state index is 0.0973. The predicted octanol–water partition coefficient (Wildman–Crippen LogP) is 4.57. The second kappa shape index (κ2) is 10.8. The van der Waals surface area contributed by atoms with Crippen LogP contribution >= 0.6 is 0 Å².